The van der Waals surface area contributed by atoms with Gasteiger partial charge in [-0.2, -0.15) is 4.31 Å². The first-order chi connectivity index (χ1) is 9.38. The third-order valence-corrected chi connectivity index (χ3v) is 4.95. The number of sulfonamides is 1. The van der Waals surface area contributed by atoms with Gasteiger partial charge in [-0.25, -0.2) is 8.42 Å². The molecule has 1 aliphatic rings. The molecule has 8 heteroatoms. The molecule has 2 rings (SSSR count). The highest BCUT2D eigenvalue weighted by atomic mass is 35.5. The molecule has 0 saturated carbocycles. The highest BCUT2D eigenvalue weighted by molar-refractivity contribution is 7.89. The fourth-order valence-corrected chi connectivity index (χ4v) is 3.34. The minimum absolute atomic E-state index is 0.108. The number of ether oxygens (including phenoxy) is 1. The van der Waals surface area contributed by atoms with Crippen molar-refractivity contribution in [1.29, 1.82) is 0 Å². The molecule has 0 amide bonds. The van der Waals surface area contributed by atoms with Gasteiger partial charge in [0, 0.05) is 18.1 Å². The Kier molecular flexibility index (Phi) is 4.64. The molecule has 1 heterocycles. The summed E-state index contributed by atoms with van der Waals surface area (Å²) in [5.41, 5.74) is 0.810. The molecular weight excluding hydrogens is 306 g/mol. The number of rotatable bonds is 4. The lowest BCUT2D eigenvalue weighted by Gasteiger charge is -2.32. The quantitative estimate of drug-likeness (QED) is 0.899. The molecule has 0 spiro atoms. The van der Waals surface area contributed by atoms with E-state index in [9.17, 15) is 13.2 Å². The lowest BCUT2D eigenvalue weighted by Crippen LogP contribution is -2.44. The van der Waals surface area contributed by atoms with Crippen LogP contribution < -0.4 is 0 Å². The molecule has 110 valence electrons. The fourth-order valence-electron chi connectivity index (χ4n) is 2.00. The average molecular weight is 320 g/mol. The molecule has 0 bridgehead atoms. The maximum Gasteiger partial charge on any atom is 0.320 e. The van der Waals surface area contributed by atoms with Crippen LogP contribution in [0.2, 0.25) is 5.02 Å². The Morgan fingerprint density at radius 1 is 1.40 bits per heavy atom. The van der Waals surface area contributed by atoms with Gasteiger partial charge in [0.1, 0.15) is 0 Å². The minimum atomic E-state index is -3.80. The van der Waals surface area contributed by atoms with Gasteiger partial charge in [0.2, 0.25) is 10.0 Å². The molecule has 1 N–H and O–H groups in total. The van der Waals surface area contributed by atoms with Crippen molar-refractivity contribution in [2.75, 3.05) is 25.4 Å². The largest absolute Gasteiger partial charge is 0.480 e. The standard InChI is InChI=1S/C12H14ClNO5S/c13-10-3-1-9(2-4-10)11-7-14(5-6-19-11)20(17,18)8-12(15)16/h1-4,11H,5-8H2,(H,15,16). The topological polar surface area (TPSA) is 83.9 Å². The number of carbonyl (C=O) groups is 1. The summed E-state index contributed by atoms with van der Waals surface area (Å²) in [6.45, 7) is 0.503. The maximum absolute atomic E-state index is 11.9. The third-order valence-electron chi connectivity index (χ3n) is 2.97. The zero-order valence-corrected chi connectivity index (χ0v) is 12.1. The summed E-state index contributed by atoms with van der Waals surface area (Å²) in [5, 5.41) is 9.22. The molecule has 1 aromatic carbocycles. The van der Waals surface area contributed by atoms with Crippen molar-refractivity contribution in [3.63, 3.8) is 0 Å². The normalized spacial score (nSPS) is 20.8. The first-order valence-electron chi connectivity index (χ1n) is 5.95. The van der Waals surface area contributed by atoms with Crippen molar-refractivity contribution in [1.82, 2.24) is 4.31 Å². The zero-order valence-electron chi connectivity index (χ0n) is 10.5. The molecule has 0 radical (unpaired) electrons. The van der Waals surface area contributed by atoms with Crippen LogP contribution in [0.3, 0.4) is 0 Å². The average Bonchev–Trinajstić information content (AvgIpc) is 2.38. The highest BCUT2D eigenvalue weighted by Crippen LogP contribution is 2.25. The molecule has 0 aliphatic carbocycles. The Bertz CT molecular complexity index is 586. The Hall–Kier alpha value is -1.15. The summed E-state index contributed by atoms with van der Waals surface area (Å²) in [6, 6.07) is 6.93. The first-order valence-corrected chi connectivity index (χ1v) is 7.94. The molecule has 1 fully saturated rings. The van der Waals surface area contributed by atoms with Crippen molar-refractivity contribution in [3.8, 4) is 0 Å². The van der Waals surface area contributed by atoms with Gasteiger partial charge in [-0.1, -0.05) is 23.7 Å². The van der Waals surface area contributed by atoms with Crippen molar-refractivity contribution >= 4 is 27.6 Å². The second-order valence-electron chi connectivity index (χ2n) is 4.42. The first kappa shape index (κ1) is 15.2. The van der Waals surface area contributed by atoms with Crippen LogP contribution in [0.5, 0.6) is 0 Å². The highest BCUT2D eigenvalue weighted by Gasteiger charge is 2.31. The van der Waals surface area contributed by atoms with E-state index in [1.807, 2.05) is 0 Å². The number of nitrogens with zero attached hydrogens (tertiary/aromatic N) is 1. The maximum atomic E-state index is 11.9. The van der Waals surface area contributed by atoms with Crippen LogP contribution in [-0.4, -0.2) is 49.2 Å². The predicted molar refractivity (Wildman–Crippen MR) is 73.1 cm³/mol. The SMILES string of the molecule is O=C(O)CS(=O)(=O)N1CCOC(c2ccc(Cl)cc2)C1. The summed E-state index contributed by atoms with van der Waals surface area (Å²) in [4.78, 5) is 10.6. The number of hydrogen-bond acceptors (Lipinski definition) is 4. The van der Waals surface area contributed by atoms with Gasteiger partial charge in [-0.15, -0.1) is 0 Å². The zero-order chi connectivity index (χ0) is 14.8. The van der Waals surface area contributed by atoms with Gasteiger partial charge in [0.25, 0.3) is 0 Å². The smallest absolute Gasteiger partial charge is 0.320 e. The van der Waals surface area contributed by atoms with Gasteiger partial charge in [-0.05, 0) is 17.7 Å². The van der Waals surface area contributed by atoms with E-state index >= 15 is 0 Å². The van der Waals surface area contributed by atoms with E-state index in [1.54, 1.807) is 24.3 Å². The van der Waals surface area contributed by atoms with Crippen LogP contribution in [0, 0.1) is 0 Å². The van der Waals surface area contributed by atoms with Crippen LogP contribution in [0.25, 0.3) is 0 Å². The number of benzene rings is 1. The fraction of sp³-hybridized carbons (Fsp3) is 0.417. The Morgan fingerprint density at radius 3 is 2.65 bits per heavy atom. The second kappa shape index (κ2) is 6.09. The van der Waals surface area contributed by atoms with Crippen LogP contribution in [0.4, 0.5) is 0 Å². The van der Waals surface area contributed by atoms with E-state index in [0.717, 1.165) is 9.87 Å². The van der Waals surface area contributed by atoms with Crippen LogP contribution in [-0.2, 0) is 19.6 Å². The lowest BCUT2D eigenvalue weighted by atomic mass is 10.1. The summed E-state index contributed by atoms with van der Waals surface area (Å²) < 4.78 is 30.5. The van der Waals surface area contributed by atoms with Crippen LogP contribution in [0.15, 0.2) is 24.3 Å². The van der Waals surface area contributed by atoms with E-state index in [2.05, 4.69) is 0 Å². The van der Waals surface area contributed by atoms with Gasteiger partial charge in [0.15, 0.2) is 5.75 Å². The monoisotopic (exact) mass is 319 g/mol. The molecule has 0 aromatic heterocycles. The van der Waals surface area contributed by atoms with Gasteiger partial charge < -0.3 is 9.84 Å². The number of aliphatic carboxylic acids is 1. The molecule has 1 saturated heterocycles. The summed E-state index contributed by atoms with van der Waals surface area (Å²) in [6.07, 6.45) is -0.412. The molecule has 1 atom stereocenters. The number of hydrogen-bond donors (Lipinski definition) is 1. The third kappa shape index (κ3) is 3.69. The molecular formula is C12H14ClNO5S. The van der Waals surface area contributed by atoms with Crippen LogP contribution >= 0.6 is 11.6 Å². The number of carboxylic acid groups (broad SMARTS) is 1. The van der Waals surface area contributed by atoms with Crippen molar-refractivity contribution in [2.24, 2.45) is 0 Å². The second-order valence-corrected chi connectivity index (χ2v) is 6.82. The van der Waals surface area contributed by atoms with Gasteiger partial charge >= 0.3 is 5.97 Å². The Labute approximate surface area is 122 Å². The van der Waals surface area contributed by atoms with E-state index < -0.39 is 27.8 Å². The lowest BCUT2D eigenvalue weighted by molar-refractivity contribution is -0.134. The number of morpholine rings is 1. The van der Waals surface area contributed by atoms with Crippen molar-refractivity contribution < 1.29 is 23.1 Å². The Morgan fingerprint density at radius 2 is 2.05 bits per heavy atom. The van der Waals surface area contributed by atoms with E-state index in [0.29, 0.717) is 5.02 Å². The molecule has 6 nitrogen and oxygen atoms in total. The number of carboxylic acids is 1. The van der Waals surface area contributed by atoms with Crippen LogP contribution in [0.1, 0.15) is 11.7 Å². The molecule has 20 heavy (non-hydrogen) atoms. The van der Waals surface area contributed by atoms with E-state index in [-0.39, 0.29) is 19.7 Å². The summed E-state index contributed by atoms with van der Waals surface area (Å²) in [7, 11) is -3.80. The van der Waals surface area contributed by atoms with E-state index in [1.165, 1.54) is 0 Å². The minimum Gasteiger partial charge on any atom is -0.480 e. The summed E-state index contributed by atoms with van der Waals surface area (Å²) >= 11 is 5.80. The molecule has 1 aliphatic heterocycles. The number of halogens is 1. The molecule has 1 aromatic rings. The van der Waals surface area contributed by atoms with E-state index in [4.69, 9.17) is 21.4 Å². The van der Waals surface area contributed by atoms with Crippen molar-refractivity contribution in [3.05, 3.63) is 34.9 Å². The predicted octanol–water partition coefficient (Wildman–Crippen LogP) is 1.13. The Balaban J connectivity index is 2.12. The van der Waals surface area contributed by atoms with Gasteiger partial charge in [-0.3, -0.25) is 4.79 Å². The van der Waals surface area contributed by atoms with Gasteiger partial charge in [0.05, 0.1) is 12.7 Å². The molecule has 1 unspecified atom stereocenters. The summed E-state index contributed by atoms with van der Waals surface area (Å²) in [5.74, 6) is -2.26. The van der Waals surface area contributed by atoms with Crippen molar-refractivity contribution in [2.45, 2.75) is 6.10 Å².